The molecular formula is C21H22N4O4. The van der Waals surface area contributed by atoms with Crippen molar-refractivity contribution in [3.8, 4) is 0 Å². The summed E-state index contributed by atoms with van der Waals surface area (Å²) in [6.45, 7) is 3.94. The Hall–Kier alpha value is -3.55. The van der Waals surface area contributed by atoms with E-state index in [0.29, 0.717) is 11.4 Å². The minimum Gasteiger partial charge on any atom is -0.348 e. The highest BCUT2D eigenvalue weighted by molar-refractivity contribution is 5.81. The van der Waals surface area contributed by atoms with Crippen molar-refractivity contribution in [1.82, 2.24) is 14.9 Å². The first-order valence-corrected chi connectivity index (χ1v) is 9.33. The van der Waals surface area contributed by atoms with Crippen molar-refractivity contribution in [1.29, 1.82) is 0 Å². The van der Waals surface area contributed by atoms with E-state index < -0.39 is 10.5 Å². The first kappa shape index (κ1) is 20.2. The van der Waals surface area contributed by atoms with E-state index in [1.807, 2.05) is 30.3 Å². The van der Waals surface area contributed by atoms with Crippen LogP contribution >= 0.6 is 0 Å². The van der Waals surface area contributed by atoms with Crippen molar-refractivity contribution in [2.45, 2.75) is 32.9 Å². The number of amides is 1. The Bertz CT molecular complexity index is 1090. The molecule has 0 fully saturated rings. The second-order valence-electron chi connectivity index (χ2n) is 7.30. The second kappa shape index (κ2) is 8.64. The van der Waals surface area contributed by atoms with Gasteiger partial charge < -0.3 is 5.32 Å². The van der Waals surface area contributed by atoms with Crippen LogP contribution in [-0.4, -0.2) is 20.4 Å². The molecule has 3 rings (SSSR count). The van der Waals surface area contributed by atoms with Gasteiger partial charge in [-0.1, -0.05) is 44.2 Å². The first-order chi connectivity index (χ1) is 13.8. The second-order valence-corrected chi connectivity index (χ2v) is 7.30. The molecule has 8 nitrogen and oxygen atoms in total. The van der Waals surface area contributed by atoms with Crippen LogP contribution in [0.3, 0.4) is 0 Å². The third kappa shape index (κ3) is 4.84. The molecule has 1 atom stereocenters. The number of carbonyl (C=O) groups excluding carboxylic acids is 1. The predicted molar refractivity (Wildman–Crippen MR) is 109 cm³/mol. The summed E-state index contributed by atoms with van der Waals surface area (Å²) >= 11 is 0. The summed E-state index contributed by atoms with van der Waals surface area (Å²) in [5.41, 5.74) is 0.655. The molecule has 0 saturated carbocycles. The number of nitrogens with one attached hydrogen (secondary N) is 1. The standard InChI is InChI=1S/C21H22N4O4/c1-14(2)10-19(15-6-4-3-5-7-15)23-20(26)12-24-13-22-18-9-8-16(25(28)29)11-17(18)21(24)27/h3-9,11,13-14,19H,10,12H2,1-2H3,(H,23,26). The lowest BCUT2D eigenvalue weighted by atomic mass is 9.97. The summed E-state index contributed by atoms with van der Waals surface area (Å²) in [4.78, 5) is 39.9. The number of aromatic nitrogens is 2. The minimum absolute atomic E-state index is 0.108. The van der Waals surface area contributed by atoms with Gasteiger partial charge in [0.2, 0.25) is 5.91 Å². The maximum absolute atomic E-state index is 12.7. The smallest absolute Gasteiger partial charge is 0.270 e. The molecular weight excluding hydrogens is 372 g/mol. The van der Waals surface area contributed by atoms with E-state index in [1.165, 1.54) is 29.1 Å². The van der Waals surface area contributed by atoms with E-state index in [4.69, 9.17) is 0 Å². The molecule has 3 aromatic rings. The summed E-state index contributed by atoms with van der Waals surface area (Å²) in [5.74, 6) is 0.0410. The molecule has 2 aromatic carbocycles. The minimum atomic E-state index is -0.570. The molecule has 0 aliphatic rings. The molecule has 0 saturated heterocycles. The van der Waals surface area contributed by atoms with Crippen molar-refractivity contribution in [2.24, 2.45) is 5.92 Å². The average molecular weight is 394 g/mol. The lowest BCUT2D eigenvalue weighted by Gasteiger charge is -2.21. The topological polar surface area (TPSA) is 107 Å². The summed E-state index contributed by atoms with van der Waals surface area (Å²) in [5, 5.41) is 14.1. The number of carbonyl (C=O) groups is 1. The van der Waals surface area contributed by atoms with Gasteiger partial charge >= 0.3 is 0 Å². The number of nitro benzene ring substituents is 1. The molecule has 0 radical (unpaired) electrons. The lowest BCUT2D eigenvalue weighted by molar-refractivity contribution is -0.384. The SMILES string of the molecule is CC(C)CC(NC(=O)Cn1cnc2ccc([N+](=O)[O-])cc2c1=O)c1ccccc1. The van der Waals surface area contributed by atoms with Gasteiger partial charge in [-0.05, 0) is 24.0 Å². The third-order valence-corrected chi connectivity index (χ3v) is 4.58. The fraction of sp³-hybridized carbons (Fsp3) is 0.286. The molecule has 1 unspecified atom stereocenters. The number of non-ortho nitro benzene ring substituents is 1. The van der Waals surface area contributed by atoms with Crippen LogP contribution in [0.4, 0.5) is 5.69 Å². The van der Waals surface area contributed by atoms with Crippen LogP contribution in [0.1, 0.15) is 31.9 Å². The van der Waals surface area contributed by atoms with Crippen LogP contribution in [0, 0.1) is 16.0 Å². The Kier molecular flexibility index (Phi) is 6.01. The molecule has 29 heavy (non-hydrogen) atoms. The van der Waals surface area contributed by atoms with Crippen LogP contribution in [0.25, 0.3) is 10.9 Å². The Morgan fingerprint density at radius 1 is 1.21 bits per heavy atom. The third-order valence-electron chi connectivity index (χ3n) is 4.58. The zero-order valence-corrected chi connectivity index (χ0v) is 16.2. The highest BCUT2D eigenvalue weighted by Crippen LogP contribution is 2.21. The average Bonchev–Trinajstić information content (AvgIpc) is 2.69. The maximum Gasteiger partial charge on any atom is 0.270 e. The first-order valence-electron chi connectivity index (χ1n) is 9.33. The summed E-state index contributed by atoms with van der Waals surface area (Å²) in [7, 11) is 0. The number of fused-ring (bicyclic) bond motifs is 1. The number of hydrogen-bond acceptors (Lipinski definition) is 5. The van der Waals surface area contributed by atoms with Crippen molar-refractivity contribution in [3.63, 3.8) is 0 Å². The van der Waals surface area contributed by atoms with Gasteiger partial charge in [0.15, 0.2) is 0 Å². The van der Waals surface area contributed by atoms with Crippen molar-refractivity contribution in [3.05, 3.63) is 80.9 Å². The monoisotopic (exact) mass is 394 g/mol. The molecule has 1 aromatic heterocycles. The van der Waals surface area contributed by atoms with E-state index in [-0.39, 0.29) is 29.6 Å². The van der Waals surface area contributed by atoms with Gasteiger partial charge in [0.25, 0.3) is 11.2 Å². The Labute approximate surface area is 167 Å². The predicted octanol–water partition coefficient (Wildman–Crippen LogP) is 3.21. The van der Waals surface area contributed by atoms with Gasteiger partial charge in [-0.15, -0.1) is 0 Å². The van der Waals surface area contributed by atoms with Gasteiger partial charge in [-0.2, -0.15) is 0 Å². The summed E-state index contributed by atoms with van der Waals surface area (Å²) in [6, 6.07) is 13.4. The Morgan fingerprint density at radius 3 is 2.59 bits per heavy atom. The number of rotatable bonds is 7. The molecule has 0 bridgehead atoms. The highest BCUT2D eigenvalue weighted by atomic mass is 16.6. The molecule has 0 spiro atoms. The lowest BCUT2D eigenvalue weighted by Crippen LogP contribution is -2.35. The van der Waals surface area contributed by atoms with Gasteiger partial charge in [0.05, 0.1) is 28.2 Å². The number of nitrogens with zero attached hydrogens (tertiary/aromatic N) is 3. The maximum atomic E-state index is 12.7. The van der Waals surface area contributed by atoms with E-state index >= 15 is 0 Å². The van der Waals surface area contributed by atoms with Crippen LogP contribution in [0.2, 0.25) is 0 Å². The normalized spacial score (nSPS) is 12.1. The van der Waals surface area contributed by atoms with Crippen molar-refractivity contribution < 1.29 is 9.72 Å². The van der Waals surface area contributed by atoms with Crippen molar-refractivity contribution >= 4 is 22.5 Å². The largest absolute Gasteiger partial charge is 0.348 e. The number of hydrogen-bond donors (Lipinski definition) is 1. The quantitative estimate of drug-likeness (QED) is 0.489. The van der Waals surface area contributed by atoms with Crippen LogP contribution in [0.5, 0.6) is 0 Å². The van der Waals surface area contributed by atoms with Gasteiger partial charge in [-0.3, -0.25) is 24.3 Å². The molecule has 150 valence electrons. The Morgan fingerprint density at radius 2 is 1.93 bits per heavy atom. The van der Waals surface area contributed by atoms with E-state index in [9.17, 15) is 19.7 Å². The summed E-state index contributed by atoms with van der Waals surface area (Å²) < 4.78 is 1.17. The fourth-order valence-corrected chi connectivity index (χ4v) is 3.20. The van der Waals surface area contributed by atoms with E-state index in [1.54, 1.807) is 0 Å². The van der Waals surface area contributed by atoms with Crippen LogP contribution < -0.4 is 10.9 Å². The zero-order valence-electron chi connectivity index (χ0n) is 16.2. The number of nitro groups is 1. The van der Waals surface area contributed by atoms with Crippen LogP contribution in [-0.2, 0) is 11.3 Å². The van der Waals surface area contributed by atoms with E-state index in [0.717, 1.165) is 12.0 Å². The zero-order chi connectivity index (χ0) is 21.0. The van der Waals surface area contributed by atoms with Crippen molar-refractivity contribution in [2.75, 3.05) is 0 Å². The van der Waals surface area contributed by atoms with Gasteiger partial charge in [0.1, 0.15) is 6.54 Å². The van der Waals surface area contributed by atoms with E-state index in [2.05, 4.69) is 24.1 Å². The fourth-order valence-electron chi connectivity index (χ4n) is 3.20. The van der Waals surface area contributed by atoms with Crippen LogP contribution in [0.15, 0.2) is 59.7 Å². The van der Waals surface area contributed by atoms with Gasteiger partial charge in [-0.25, -0.2) is 4.98 Å². The molecule has 1 heterocycles. The molecule has 8 heteroatoms. The summed E-state index contributed by atoms with van der Waals surface area (Å²) in [6.07, 6.45) is 2.04. The molecule has 0 aliphatic heterocycles. The van der Waals surface area contributed by atoms with Gasteiger partial charge in [0, 0.05) is 12.1 Å². The number of benzene rings is 2. The highest BCUT2D eigenvalue weighted by Gasteiger charge is 2.17. The molecule has 1 amide bonds. The Balaban J connectivity index is 1.83. The molecule has 0 aliphatic carbocycles. The molecule has 1 N–H and O–H groups in total.